The second-order valence-corrected chi connectivity index (χ2v) is 4.28. The van der Waals surface area contributed by atoms with Gasteiger partial charge < -0.3 is 9.88 Å². The summed E-state index contributed by atoms with van der Waals surface area (Å²) >= 11 is 0. The molecule has 18 heavy (non-hydrogen) atoms. The van der Waals surface area contributed by atoms with Crippen LogP contribution in [0.1, 0.15) is 12.0 Å². The Balaban J connectivity index is 1.85. The van der Waals surface area contributed by atoms with Crippen LogP contribution in [-0.4, -0.2) is 23.6 Å². The highest BCUT2D eigenvalue weighted by Gasteiger charge is 2.02. The van der Waals surface area contributed by atoms with Crippen LogP contribution in [0.5, 0.6) is 0 Å². The zero-order valence-corrected chi connectivity index (χ0v) is 10.5. The number of anilines is 1. The summed E-state index contributed by atoms with van der Waals surface area (Å²) in [4.78, 5) is 19.8. The third-order valence-corrected chi connectivity index (χ3v) is 2.86. The summed E-state index contributed by atoms with van der Waals surface area (Å²) in [6.07, 6.45) is 3.51. The van der Waals surface area contributed by atoms with E-state index in [1.807, 2.05) is 18.0 Å². The summed E-state index contributed by atoms with van der Waals surface area (Å²) in [5.41, 5.74) is 1.22. The Morgan fingerprint density at radius 1 is 1.28 bits per heavy atom. The first-order chi connectivity index (χ1) is 8.75. The number of nitrogens with zero attached hydrogens (tertiary/aromatic N) is 2. The van der Waals surface area contributed by atoms with Crippen LogP contribution in [0, 0.1) is 0 Å². The standard InChI is InChI=1S/C14H17N3O/c1-17(13-10-14(18)16-11-15-13)9-5-8-12-6-3-2-4-7-12/h2-4,6-7,10-11H,5,8-9H2,1H3,(H,15,16,18). The van der Waals surface area contributed by atoms with Gasteiger partial charge in [-0.3, -0.25) is 4.79 Å². The number of H-pyrrole nitrogens is 1. The number of rotatable bonds is 5. The third kappa shape index (κ3) is 3.45. The highest BCUT2D eigenvalue weighted by atomic mass is 16.1. The van der Waals surface area contributed by atoms with Crippen molar-refractivity contribution in [3.8, 4) is 0 Å². The van der Waals surface area contributed by atoms with Crippen molar-refractivity contribution >= 4 is 5.82 Å². The number of hydrogen-bond donors (Lipinski definition) is 1. The van der Waals surface area contributed by atoms with Crippen molar-refractivity contribution in [1.29, 1.82) is 0 Å². The van der Waals surface area contributed by atoms with Gasteiger partial charge in [0.25, 0.3) is 5.56 Å². The molecule has 0 amide bonds. The Kier molecular flexibility index (Phi) is 4.12. The minimum Gasteiger partial charge on any atom is -0.359 e. The van der Waals surface area contributed by atoms with Crippen molar-refractivity contribution in [2.45, 2.75) is 12.8 Å². The van der Waals surface area contributed by atoms with E-state index in [0.29, 0.717) is 5.82 Å². The van der Waals surface area contributed by atoms with Gasteiger partial charge in [0.15, 0.2) is 0 Å². The molecule has 0 radical (unpaired) electrons. The molecule has 0 aliphatic carbocycles. The maximum absolute atomic E-state index is 11.2. The molecule has 1 N–H and O–H groups in total. The van der Waals surface area contributed by atoms with Gasteiger partial charge in [0.1, 0.15) is 5.82 Å². The fourth-order valence-corrected chi connectivity index (χ4v) is 1.85. The molecule has 2 aromatic rings. The highest BCUT2D eigenvalue weighted by Crippen LogP contribution is 2.07. The van der Waals surface area contributed by atoms with Gasteiger partial charge in [-0.25, -0.2) is 4.98 Å². The molecule has 4 nitrogen and oxygen atoms in total. The number of aryl methyl sites for hydroxylation is 1. The molecule has 0 saturated heterocycles. The van der Waals surface area contributed by atoms with Crippen LogP contribution in [0.4, 0.5) is 5.82 Å². The Morgan fingerprint density at radius 2 is 2.06 bits per heavy atom. The Morgan fingerprint density at radius 3 is 2.78 bits per heavy atom. The smallest absolute Gasteiger partial charge is 0.252 e. The van der Waals surface area contributed by atoms with Crippen molar-refractivity contribution in [2.75, 3.05) is 18.5 Å². The van der Waals surface area contributed by atoms with E-state index in [1.54, 1.807) is 0 Å². The minimum atomic E-state index is -0.116. The topological polar surface area (TPSA) is 49.0 Å². The molecule has 0 fully saturated rings. The van der Waals surface area contributed by atoms with E-state index in [4.69, 9.17) is 0 Å². The SMILES string of the molecule is CN(CCCc1ccccc1)c1cc(=O)[nH]cn1. The predicted molar refractivity (Wildman–Crippen MR) is 72.9 cm³/mol. The number of aromatic amines is 1. The van der Waals surface area contributed by atoms with Crippen LogP contribution in [-0.2, 0) is 6.42 Å². The van der Waals surface area contributed by atoms with Gasteiger partial charge in [-0.1, -0.05) is 30.3 Å². The van der Waals surface area contributed by atoms with Gasteiger partial charge >= 0.3 is 0 Å². The molecule has 1 aromatic carbocycles. The lowest BCUT2D eigenvalue weighted by molar-refractivity contribution is 0.775. The van der Waals surface area contributed by atoms with Crippen LogP contribution in [0.15, 0.2) is 47.5 Å². The van der Waals surface area contributed by atoms with Gasteiger partial charge in [-0.2, -0.15) is 0 Å². The molecular formula is C14H17N3O. The number of nitrogens with one attached hydrogen (secondary N) is 1. The molecule has 0 spiro atoms. The third-order valence-electron chi connectivity index (χ3n) is 2.86. The van der Waals surface area contributed by atoms with Gasteiger partial charge in [0.05, 0.1) is 6.33 Å². The van der Waals surface area contributed by atoms with E-state index >= 15 is 0 Å². The lowest BCUT2D eigenvalue weighted by Crippen LogP contribution is -2.22. The minimum absolute atomic E-state index is 0.116. The summed E-state index contributed by atoms with van der Waals surface area (Å²) in [7, 11) is 1.95. The zero-order valence-electron chi connectivity index (χ0n) is 10.5. The fraction of sp³-hybridized carbons (Fsp3) is 0.286. The molecule has 0 atom stereocenters. The quantitative estimate of drug-likeness (QED) is 0.871. The molecule has 2 rings (SSSR count). The van der Waals surface area contributed by atoms with Gasteiger partial charge in [0.2, 0.25) is 0 Å². The maximum atomic E-state index is 11.2. The number of aromatic nitrogens is 2. The van der Waals surface area contributed by atoms with E-state index in [-0.39, 0.29) is 5.56 Å². The summed E-state index contributed by atoms with van der Waals surface area (Å²) in [5, 5.41) is 0. The van der Waals surface area contributed by atoms with Crippen LogP contribution in [0.25, 0.3) is 0 Å². The molecule has 0 aliphatic rings. The first-order valence-corrected chi connectivity index (χ1v) is 6.05. The second kappa shape index (κ2) is 6.00. The van der Waals surface area contributed by atoms with Crippen LogP contribution in [0.3, 0.4) is 0 Å². The lowest BCUT2D eigenvalue weighted by atomic mass is 10.1. The summed E-state index contributed by atoms with van der Waals surface area (Å²) in [5.74, 6) is 0.715. The second-order valence-electron chi connectivity index (χ2n) is 4.28. The van der Waals surface area contributed by atoms with Crippen molar-refractivity contribution < 1.29 is 0 Å². The first-order valence-electron chi connectivity index (χ1n) is 6.05. The van der Waals surface area contributed by atoms with Gasteiger partial charge in [-0.05, 0) is 18.4 Å². The van der Waals surface area contributed by atoms with Crippen LogP contribution < -0.4 is 10.5 Å². The largest absolute Gasteiger partial charge is 0.359 e. The number of benzene rings is 1. The normalized spacial score (nSPS) is 10.3. The Hall–Kier alpha value is -2.10. The van der Waals surface area contributed by atoms with Crippen molar-refractivity contribution in [3.05, 3.63) is 58.6 Å². The average molecular weight is 243 g/mol. The molecule has 94 valence electrons. The number of hydrogen-bond acceptors (Lipinski definition) is 3. The summed E-state index contributed by atoms with van der Waals surface area (Å²) < 4.78 is 0. The van der Waals surface area contributed by atoms with Crippen LogP contribution >= 0.6 is 0 Å². The van der Waals surface area contributed by atoms with Gasteiger partial charge in [-0.15, -0.1) is 0 Å². The molecule has 0 aliphatic heterocycles. The van der Waals surface area contributed by atoms with E-state index in [9.17, 15) is 4.79 Å². The summed E-state index contributed by atoms with van der Waals surface area (Å²) in [6, 6.07) is 11.9. The predicted octanol–water partition coefficient (Wildman–Crippen LogP) is 1.84. The molecule has 1 aromatic heterocycles. The van der Waals surface area contributed by atoms with E-state index < -0.39 is 0 Å². The maximum Gasteiger partial charge on any atom is 0.252 e. The molecule has 4 heteroatoms. The molecule has 0 unspecified atom stereocenters. The van der Waals surface area contributed by atoms with Gasteiger partial charge in [0, 0.05) is 19.7 Å². The van der Waals surface area contributed by atoms with E-state index in [1.165, 1.54) is 18.0 Å². The monoisotopic (exact) mass is 243 g/mol. The fourth-order valence-electron chi connectivity index (χ4n) is 1.85. The average Bonchev–Trinajstić information content (AvgIpc) is 2.40. The first kappa shape index (κ1) is 12.4. The molecule has 0 bridgehead atoms. The highest BCUT2D eigenvalue weighted by molar-refractivity contribution is 5.34. The molecule has 0 saturated carbocycles. The molecule has 1 heterocycles. The van der Waals surface area contributed by atoms with Crippen molar-refractivity contribution in [1.82, 2.24) is 9.97 Å². The van der Waals surface area contributed by atoms with Crippen molar-refractivity contribution in [3.63, 3.8) is 0 Å². The van der Waals surface area contributed by atoms with E-state index in [2.05, 4.69) is 34.2 Å². The van der Waals surface area contributed by atoms with Crippen molar-refractivity contribution in [2.24, 2.45) is 0 Å². The Labute approximate surface area is 106 Å². The van der Waals surface area contributed by atoms with E-state index in [0.717, 1.165) is 19.4 Å². The molecular weight excluding hydrogens is 226 g/mol. The lowest BCUT2D eigenvalue weighted by Gasteiger charge is -2.17. The zero-order chi connectivity index (χ0) is 12.8. The van der Waals surface area contributed by atoms with Crippen LogP contribution in [0.2, 0.25) is 0 Å². The summed E-state index contributed by atoms with van der Waals surface area (Å²) in [6.45, 7) is 0.880. The Bertz CT molecular complexity index is 536.